The highest BCUT2D eigenvalue weighted by Gasteiger charge is 2.34. The molecule has 2 unspecified atom stereocenters. The maximum atomic E-state index is 13.2. The Balaban J connectivity index is 1.92. The number of rotatable bonds is 2. The Morgan fingerprint density at radius 1 is 1.50 bits per heavy atom. The molecule has 2 aromatic rings. The summed E-state index contributed by atoms with van der Waals surface area (Å²) < 4.78 is 14.0. The summed E-state index contributed by atoms with van der Waals surface area (Å²) >= 11 is 1.31. The topological polar surface area (TPSA) is 40.5 Å². The number of likely N-dealkylation sites (tertiary alicyclic amines) is 1. The second-order valence-electron chi connectivity index (χ2n) is 5.31. The van der Waals surface area contributed by atoms with Gasteiger partial charge in [0.25, 0.3) is 5.91 Å². The molecule has 3 nitrogen and oxygen atoms in total. The highest BCUT2D eigenvalue weighted by atomic mass is 32.1. The first-order chi connectivity index (χ1) is 9.60. The Morgan fingerprint density at radius 3 is 3.05 bits per heavy atom. The number of hydrogen-bond donors (Lipinski definition) is 1. The number of halogens is 1. The quantitative estimate of drug-likeness (QED) is 0.925. The maximum Gasteiger partial charge on any atom is 0.264 e. The number of thiophene rings is 1. The van der Waals surface area contributed by atoms with E-state index >= 15 is 0 Å². The molecule has 106 valence electrons. The van der Waals surface area contributed by atoms with Crippen LogP contribution in [0.3, 0.4) is 0 Å². The van der Waals surface area contributed by atoms with Crippen molar-refractivity contribution in [2.24, 2.45) is 5.92 Å². The van der Waals surface area contributed by atoms with E-state index < -0.39 is 0 Å². The van der Waals surface area contributed by atoms with Crippen LogP contribution in [0.1, 0.15) is 23.0 Å². The predicted octanol–water partition coefficient (Wildman–Crippen LogP) is 2.88. The summed E-state index contributed by atoms with van der Waals surface area (Å²) in [5, 5.41) is 10.3. The molecule has 1 saturated heterocycles. The van der Waals surface area contributed by atoms with Crippen molar-refractivity contribution < 1.29 is 14.3 Å². The molecule has 1 aromatic heterocycles. The van der Waals surface area contributed by atoms with E-state index in [-0.39, 0.29) is 24.4 Å². The first-order valence-corrected chi connectivity index (χ1v) is 7.52. The van der Waals surface area contributed by atoms with Gasteiger partial charge in [0.2, 0.25) is 0 Å². The van der Waals surface area contributed by atoms with E-state index in [2.05, 4.69) is 6.92 Å². The lowest BCUT2D eigenvalue weighted by Gasteiger charge is -2.24. The van der Waals surface area contributed by atoms with Gasteiger partial charge in [-0.3, -0.25) is 4.79 Å². The summed E-state index contributed by atoms with van der Waals surface area (Å²) in [5.74, 6) is -0.0350. The van der Waals surface area contributed by atoms with Gasteiger partial charge in [-0.2, -0.15) is 0 Å². The van der Waals surface area contributed by atoms with E-state index in [1.54, 1.807) is 17.0 Å². The maximum absolute atomic E-state index is 13.2. The Hall–Kier alpha value is -1.46. The smallest absolute Gasteiger partial charge is 0.264 e. The number of aliphatic hydroxyl groups is 1. The van der Waals surface area contributed by atoms with Crippen molar-refractivity contribution >= 4 is 27.3 Å². The van der Waals surface area contributed by atoms with Gasteiger partial charge in [-0.25, -0.2) is 4.39 Å². The molecule has 0 saturated carbocycles. The molecule has 1 N–H and O–H groups in total. The minimum atomic E-state index is -0.290. The average molecular weight is 293 g/mol. The number of fused-ring (bicyclic) bond motifs is 1. The molecule has 2 heterocycles. The first-order valence-electron chi connectivity index (χ1n) is 6.71. The second-order valence-corrected chi connectivity index (χ2v) is 6.39. The van der Waals surface area contributed by atoms with Gasteiger partial charge < -0.3 is 10.0 Å². The molecule has 0 bridgehead atoms. The lowest BCUT2D eigenvalue weighted by Crippen LogP contribution is -2.39. The second kappa shape index (κ2) is 5.14. The fourth-order valence-electron chi connectivity index (χ4n) is 2.79. The summed E-state index contributed by atoms with van der Waals surface area (Å²) in [4.78, 5) is 14.9. The van der Waals surface area contributed by atoms with Crippen LogP contribution in [0, 0.1) is 11.7 Å². The highest BCUT2D eigenvalue weighted by Crippen LogP contribution is 2.31. The third-order valence-electron chi connectivity index (χ3n) is 4.02. The van der Waals surface area contributed by atoms with Crippen LogP contribution in [-0.2, 0) is 0 Å². The summed E-state index contributed by atoms with van der Waals surface area (Å²) in [5.41, 5.74) is 0. The van der Waals surface area contributed by atoms with Crippen molar-refractivity contribution in [3.8, 4) is 0 Å². The van der Waals surface area contributed by atoms with Crippen molar-refractivity contribution in [2.45, 2.75) is 19.4 Å². The summed E-state index contributed by atoms with van der Waals surface area (Å²) in [6.07, 6.45) is 0.913. The summed E-state index contributed by atoms with van der Waals surface area (Å²) in [7, 11) is 0. The molecular weight excluding hydrogens is 277 g/mol. The van der Waals surface area contributed by atoms with Gasteiger partial charge in [0.15, 0.2) is 0 Å². The lowest BCUT2D eigenvalue weighted by molar-refractivity contribution is 0.0653. The molecular formula is C15H16FNO2S. The highest BCUT2D eigenvalue weighted by molar-refractivity contribution is 7.20. The molecule has 1 amide bonds. The number of benzene rings is 1. The van der Waals surface area contributed by atoms with Gasteiger partial charge in [-0.15, -0.1) is 11.3 Å². The monoisotopic (exact) mass is 293 g/mol. The Labute approximate surface area is 120 Å². The largest absolute Gasteiger partial charge is 0.394 e. The number of amides is 1. The van der Waals surface area contributed by atoms with Crippen molar-refractivity contribution in [3.63, 3.8) is 0 Å². The predicted molar refractivity (Wildman–Crippen MR) is 77.5 cm³/mol. The van der Waals surface area contributed by atoms with Crippen LogP contribution in [-0.4, -0.2) is 35.1 Å². The van der Waals surface area contributed by atoms with Gasteiger partial charge in [0.05, 0.1) is 17.5 Å². The minimum Gasteiger partial charge on any atom is -0.394 e. The van der Waals surface area contributed by atoms with Crippen LogP contribution in [0.2, 0.25) is 0 Å². The fraction of sp³-hybridized carbons (Fsp3) is 0.400. The normalized spacial score (nSPS) is 22.6. The SMILES string of the molecule is CC1CCN(C(=O)c2cc3ccc(F)cc3s2)C1CO. The molecule has 0 aliphatic carbocycles. The van der Waals surface area contributed by atoms with E-state index in [9.17, 15) is 14.3 Å². The van der Waals surface area contributed by atoms with E-state index in [1.165, 1.54) is 23.5 Å². The first kappa shape index (κ1) is 13.5. The molecule has 5 heteroatoms. The van der Waals surface area contributed by atoms with Crippen LogP contribution in [0.15, 0.2) is 24.3 Å². The minimum absolute atomic E-state index is 0.00751. The van der Waals surface area contributed by atoms with Gasteiger partial charge in [-0.05, 0) is 35.9 Å². The van der Waals surface area contributed by atoms with E-state index in [1.807, 2.05) is 0 Å². The number of nitrogens with zero attached hydrogens (tertiary/aromatic N) is 1. The van der Waals surface area contributed by atoms with Crippen LogP contribution < -0.4 is 0 Å². The molecule has 1 fully saturated rings. The molecule has 0 radical (unpaired) electrons. The molecule has 20 heavy (non-hydrogen) atoms. The van der Waals surface area contributed by atoms with Crippen molar-refractivity contribution in [1.82, 2.24) is 4.90 Å². The van der Waals surface area contributed by atoms with Gasteiger partial charge in [0, 0.05) is 11.2 Å². The Morgan fingerprint density at radius 2 is 2.30 bits per heavy atom. The van der Waals surface area contributed by atoms with Crippen molar-refractivity contribution in [1.29, 1.82) is 0 Å². The van der Waals surface area contributed by atoms with Crippen LogP contribution in [0.25, 0.3) is 10.1 Å². The van der Waals surface area contributed by atoms with Gasteiger partial charge >= 0.3 is 0 Å². The average Bonchev–Trinajstić information content (AvgIpc) is 3.00. The zero-order valence-electron chi connectivity index (χ0n) is 11.2. The summed E-state index contributed by atoms with van der Waals surface area (Å²) in [6, 6.07) is 6.24. The molecule has 3 rings (SSSR count). The zero-order chi connectivity index (χ0) is 14.3. The van der Waals surface area contributed by atoms with E-state index in [0.717, 1.165) is 16.5 Å². The zero-order valence-corrected chi connectivity index (χ0v) is 12.0. The van der Waals surface area contributed by atoms with Gasteiger partial charge in [0.1, 0.15) is 5.82 Å². The molecule has 1 aliphatic heterocycles. The van der Waals surface area contributed by atoms with E-state index in [0.29, 0.717) is 17.3 Å². The summed E-state index contributed by atoms with van der Waals surface area (Å²) in [6.45, 7) is 2.72. The third kappa shape index (κ3) is 2.21. The lowest BCUT2D eigenvalue weighted by atomic mass is 10.0. The number of aliphatic hydroxyl groups excluding tert-OH is 1. The number of carbonyl (C=O) groups excluding carboxylic acids is 1. The number of carbonyl (C=O) groups is 1. The Kier molecular flexibility index (Phi) is 3.48. The van der Waals surface area contributed by atoms with Crippen molar-refractivity contribution in [2.75, 3.05) is 13.2 Å². The molecule has 2 atom stereocenters. The van der Waals surface area contributed by atoms with Crippen molar-refractivity contribution in [3.05, 3.63) is 35.0 Å². The van der Waals surface area contributed by atoms with E-state index in [4.69, 9.17) is 0 Å². The molecule has 1 aliphatic rings. The van der Waals surface area contributed by atoms with Crippen LogP contribution in [0.4, 0.5) is 4.39 Å². The van der Waals surface area contributed by atoms with Gasteiger partial charge in [-0.1, -0.05) is 13.0 Å². The van der Waals surface area contributed by atoms with Crippen LogP contribution >= 0.6 is 11.3 Å². The molecule has 1 aromatic carbocycles. The third-order valence-corrected chi connectivity index (χ3v) is 5.11. The number of hydrogen-bond acceptors (Lipinski definition) is 3. The van der Waals surface area contributed by atoms with Crippen LogP contribution in [0.5, 0.6) is 0 Å². The Bertz CT molecular complexity index is 654. The standard InChI is InChI=1S/C15H16FNO2S/c1-9-4-5-17(12(9)8-18)15(19)14-6-10-2-3-11(16)7-13(10)20-14/h2-3,6-7,9,12,18H,4-5,8H2,1H3. The molecule has 0 spiro atoms. The fourth-order valence-corrected chi connectivity index (χ4v) is 3.83.